The predicted octanol–water partition coefficient (Wildman–Crippen LogP) is 2.36. The summed E-state index contributed by atoms with van der Waals surface area (Å²) in [6, 6.07) is 10.3. The van der Waals surface area contributed by atoms with Crippen molar-refractivity contribution in [2.45, 2.75) is 25.9 Å². The first-order valence-electron chi connectivity index (χ1n) is 4.91. The van der Waals surface area contributed by atoms with E-state index in [0.29, 0.717) is 0 Å². The average molecular weight is 192 g/mol. The van der Waals surface area contributed by atoms with Gasteiger partial charge in [0.05, 0.1) is 0 Å². The van der Waals surface area contributed by atoms with Crippen molar-refractivity contribution < 1.29 is 9.53 Å². The molecule has 0 saturated carbocycles. The predicted molar refractivity (Wildman–Crippen MR) is 56.2 cm³/mol. The van der Waals surface area contributed by atoms with Gasteiger partial charge >= 0.3 is 0 Å². The maximum absolute atomic E-state index is 9.88. The second kappa shape index (κ2) is 6.33. The molecule has 2 rings (SSSR count). The number of hydrogen-bond acceptors (Lipinski definition) is 2. The Bertz CT molecular complexity index is 250. The van der Waals surface area contributed by atoms with Gasteiger partial charge in [0.2, 0.25) is 0 Å². The molecule has 14 heavy (non-hydrogen) atoms. The average Bonchev–Trinajstić information content (AvgIpc) is 2.72. The first-order chi connectivity index (χ1) is 6.83. The van der Waals surface area contributed by atoms with Crippen molar-refractivity contribution in [1.82, 2.24) is 0 Å². The first kappa shape index (κ1) is 10.9. The Kier molecular flexibility index (Phi) is 4.94. The maximum Gasteiger partial charge on any atom is 0.148 e. The van der Waals surface area contributed by atoms with Crippen LogP contribution in [-0.4, -0.2) is 19.0 Å². The zero-order chi connectivity index (χ0) is 10.2. The van der Waals surface area contributed by atoms with Gasteiger partial charge in [-0.1, -0.05) is 35.9 Å². The number of benzene rings is 1. The van der Waals surface area contributed by atoms with Crippen LogP contribution in [0.15, 0.2) is 30.3 Å². The normalized spacial score (nSPS) is 19.6. The summed E-state index contributed by atoms with van der Waals surface area (Å²) in [6.45, 7) is 2.85. The van der Waals surface area contributed by atoms with Crippen LogP contribution in [0.5, 0.6) is 0 Å². The topological polar surface area (TPSA) is 26.3 Å². The Hall–Kier alpha value is -1.15. The molecule has 0 spiro atoms. The van der Waals surface area contributed by atoms with Crippen molar-refractivity contribution >= 4 is 6.29 Å². The molecule has 1 aliphatic rings. The molecule has 0 N–H and O–H groups in total. The van der Waals surface area contributed by atoms with Crippen molar-refractivity contribution in [3.63, 3.8) is 0 Å². The molecule has 76 valence electrons. The van der Waals surface area contributed by atoms with E-state index in [1.54, 1.807) is 0 Å². The number of aldehydes is 1. The third-order valence-electron chi connectivity index (χ3n) is 2.06. The quantitative estimate of drug-likeness (QED) is 0.638. The molecule has 0 radical (unpaired) electrons. The molecule has 0 aromatic heterocycles. The highest BCUT2D eigenvalue weighted by atomic mass is 16.5. The molecule has 1 atom stereocenters. The molecule has 1 aliphatic heterocycles. The Balaban J connectivity index is 0.000000140. The lowest BCUT2D eigenvalue weighted by atomic mass is 10.2. The van der Waals surface area contributed by atoms with Crippen LogP contribution >= 0.6 is 0 Å². The van der Waals surface area contributed by atoms with Crippen LogP contribution in [0.1, 0.15) is 18.4 Å². The zero-order valence-electron chi connectivity index (χ0n) is 8.48. The van der Waals surface area contributed by atoms with Gasteiger partial charge in [-0.3, -0.25) is 0 Å². The van der Waals surface area contributed by atoms with E-state index in [-0.39, 0.29) is 6.10 Å². The van der Waals surface area contributed by atoms with Gasteiger partial charge in [-0.15, -0.1) is 0 Å². The molecule has 1 saturated heterocycles. The molecule has 1 unspecified atom stereocenters. The Labute approximate surface area is 84.9 Å². The largest absolute Gasteiger partial charge is 0.371 e. The highest BCUT2D eigenvalue weighted by Gasteiger charge is 2.12. The summed E-state index contributed by atoms with van der Waals surface area (Å²) < 4.78 is 4.93. The lowest BCUT2D eigenvalue weighted by molar-refractivity contribution is -0.115. The molecule has 1 heterocycles. The first-order valence-corrected chi connectivity index (χ1v) is 4.91. The van der Waals surface area contributed by atoms with E-state index < -0.39 is 0 Å². The highest BCUT2D eigenvalue weighted by molar-refractivity contribution is 5.56. The summed E-state index contributed by atoms with van der Waals surface area (Å²) in [7, 11) is 0. The van der Waals surface area contributed by atoms with Gasteiger partial charge in [0, 0.05) is 6.61 Å². The van der Waals surface area contributed by atoms with Crippen molar-refractivity contribution in [3.8, 4) is 0 Å². The number of aryl methyl sites for hydroxylation is 1. The summed E-state index contributed by atoms with van der Waals surface area (Å²) in [5.74, 6) is 0. The van der Waals surface area contributed by atoms with E-state index in [4.69, 9.17) is 4.74 Å². The smallest absolute Gasteiger partial charge is 0.148 e. The molecule has 1 aromatic rings. The van der Waals surface area contributed by atoms with Crippen molar-refractivity contribution in [2.24, 2.45) is 0 Å². The number of hydrogen-bond donors (Lipinski definition) is 0. The van der Waals surface area contributed by atoms with Crippen LogP contribution in [0.4, 0.5) is 0 Å². The van der Waals surface area contributed by atoms with Crippen LogP contribution in [-0.2, 0) is 9.53 Å². The number of carbonyl (C=O) groups excluding carboxylic acids is 1. The van der Waals surface area contributed by atoms with Crippen molar-refractivity contribution in [1.29, 1.82) is 0 Å². The minimum atomic E-state index is -0.0833. The second-order valence-corrected chi connectivity index (χ2v) is 3.34. The van der Waals surface area contributed by atoms with Gasteiger partial charge in [0.25, 0.3) is 0 Å². The Morgan fingerprint density at radius 1 is 1.36 bits per heavy atom. The highest BCUT2D eigenvalue weighted by Crippen LogP contribution is 2.08. The minimum Gasteiger partial charge on any atom is -0.371 e. The number of rotatable bonds is 1. The van der Waals surface area contributed by atoms with Crippen LogP contribution in [0, 0.1) is 6.92 Å². The summed E-state index contributed by atoms with van der Waals surface area (Å²) in [6.07, 6.45) is 2.75. The van der Waals surface area contributed by atoms with Crippen LogP contribution in [0.2, 0.25) is 0 Å². The summed E-state index contributed by atoms with van der Waals surface area (Å²) >= 11 is 0. The fourth-order valence-corrected chi connectivity index (χ4v) is 1.24. The van der Waals surface area contributed by atoms with Gasteiger partial charge in [-0.05, 0) is 19.8 Å². The fourth-order valence-electron chi connectivity index (χ4n) is 1.24. The fraction of sp³-hybridized carbons (Fsp3) is 0.417. The van der Waals surface area contributed by atoms with Gasteiger partial charge in [-0.25, -0.2) is 0 Å². The lowest BCUT2D eigenvalue weighted by Gasteiger charge is -1.93. The summed E-state index contributed by atoms with van der Waals surface area (Å²) in [4.78, 5) is 9.88. The molecule has 1 aromatic carbocycles. The van der Waals surface area contributed by atoms with Gasteiger partial charge < -0.3 is 9.53 Å². The lowest BCUT2D eigenvalue weighted by Crippen LogP contribution is -2.04. The zero-order valence-corrected chi connectivity index (χ0v) is 8.48. The Morgan fingerprint density at radius 3 is 2.36 bits per heavy atom. The van der Waals surface area contributed by atoms with Crippen molar-refractivity contribution in [3.05, 3.63) is 35.9 Å². The van der Waals surface area contributed by atoms with Gasteiger partial charge in [0.1, 0.15) is 12.4 Å². The molecule has 2 heteroatoms. The number of ether oxygens (including phenoxy) is 1. The maximum atomic E-state index is 9.88. The molecule has 0 aliphatic carbocycles. The molecule has 0 amide bonds. The molecular weight excluding hydrogens is 176 g/mol. The van der Waals surface area contributed by atoms with Crippen LogP contribution in [0.3, 0.4) is 0 Å². The van der Waals surface area contributed by atoms with E-state index >= 15 is 0 Å². The molecule has 2 nitrogen and oxygen atoms in total. The van der Waals surface area contributed by atoms with E-state index in [1.165, 1.54) is 5.56 Å². The number of carbonyl (C=O) groups is 1. The van der Waals surface area contributed by atoms with E-state index in [2.05, 4.69) is 19.1 Å². The van der Waals surface area contributed by atoms with E-state index in [1.807, 2.05) is 18.2 Å². The van der Waals surface area contributed by atoms with E-state index in [9.17, 15) is 4.79 Å². The van der Waals surface area contributed by atoms with Gasteiger partial charge in [-0.2, -0.15) is 0 Å². The van der Waals surface area contributed by atoms with Crippen LogP contribution < -0.4 is 0 Å². The van der Waals surface area contributed by atoms with Crippen LogP contribution in [0.25, 0.3) is 0 Å². The molecular formula is C12H16O2. The van der Waals surface area contributed by atoms with E-state index in [0.717, 1.165) is 25.7 Å². The monoisotopic (exact) mass is 192 g/mol. The second-order valence-electron chi connectivity index (χ2n) is 3.34. The minimum absolute atomic E-state index is 0.0833. The van der Waals surface area contributed by atoms with Crippen molar-refractivity contribution in [2.75, 3.05) is 6.61 Å². The summed E-state index contributed by atoms with van der Waals surface area (Å²) in [5, 5.41) is 0. The van der Waals surface area contributed by atoms with Gasteiger partial charge in [0.15, 0.2) is 0 Å². The summed E-state index contributed by atoms with van der Waals surface area (Å²) in [5.41, 5.74) is 1.32. The molecule has 1 fully saturated rings. The third-order valence-corrected chi connectivity index (χ3v) is 2.06. The third kappa shape index (κ3) is 4.19. The SMILES string of the molecule is Cc1ccccc1.O=CC1CCCO1. The Morgan fingerprint density at radius 2 is 2.07 bits per heavy atom. The molecule has 0 bridgehead atoms. The standard InChI is InChI=1S/C7H8.C5H8O2/c1-7-5-3-2-4-6-7;6-4-5-2-1-3-7-5/h2-6H,1H3;4-5H,1-3H2.